The summed E-state index contributed by atoms with van der Waals surface area (Å²) in [5, 5.41) is 10.6. The van der Waals surface area contributed by atoms with Crippen molar-refractivity contribution in [3.05, 3.63) is 65.7 Å². The monoisotopic (exact) mass is 437 g/mol. The van der Waals surface area contributed by atoms with Gasteiger partial charge in [0.05, 0.1) is 11.4 Å². The van der Waals surface area contributed by atoms with E-state index in [2.05, 4.69) is 21.2 Å². The predicted octanol–water partition coefficient (Wildman–Crippen LogP) is 1.40. The van der Waals surface area contributed by atoms with E-state index in [0.717, 1.165) is 16.8 Å². The first kappa shape index (κ1) is 19.3. The second kappa shape index (κ2) is 8.23. The number of amidine groups is 1. The van der Waals surface area contributed by atoms with Gasteiger partial charge in [-0.15, -0.1) is 0 Å². The fourth-order valence-electron chi connectivity index (χ4n) is 3.41. The third kappa shape index (κ3) is 4.02. The number of thioether (sulfide) groups is 1. The molecule has 2 amide bonds. The van der Waals surface area contributed by atoms with E-state index >= 15 is 0 Å². The number of nitrogens with zero attached hydrogens (tertiary/aromatic N) is 2. The van der Waals surface area contributed by atoms with Gasteiger partial charge in [-0.3, -0.25) is 19.9 Å². The SMILES string of the molecule is O=C1C=C(c2ccccc2)N2C(SCC(=O)NCc3ccc4c(c3)OCO4)=NNC2N1. The van der Waals surface area contributed by atoms with Gasteiger partial charge in [0, 0.05) is 12.6 Å². The van der Waals surface area contributed by atoms with Crippen molar-refractivity contribution in [2.45, 2.75) is 12.8 Å². The minimum Gasteiger partial charge on any atom is -0.454 e. The fourth-order valence-corrected chi connectivity index (χ4v) is 4.24. The summed E-state index contributed by atoms with van der Waals surface area (Å²) in [4.78, 5) is 26.3. The molecular formula is C21H19N5O4S. The standard InChI is InChI=1S/C21H19N5O4S/c27-18-9-15(14-4-2-1-3-5-14)26-20(23-18)24-25-21(26)31-11-19(28)22-10-13-6-7-16-17(8-13)30-12-29-16/h1-9,20,24H,10-12H2,(H,22,28)(H,23,27). The minimum absolute atomic E-state index is 0.125. The third-order valence-corrected chi connectivity index (χ3v) is 5.83. The molecule has 2 aromatic rings. The lowest BCUT2D eigenvalue weighted by atomic mass is 10.1. The molecule has 0 radical (unpaired) electrons. The molecule has 0 fully saturated rings. The van der Waals surface area contributed by atoms with Crippen LogP contribution in [0, 0.1) is 0 Å². The van der Waals surface area contributed by atoms with E-state index in [1.54, 1.807) is 0 Å². The summed E-state index contributed by atoms with van der Waals surface area (Å²) in [6.07, 6.45) is 1.06. The smallest absolute Gasteiger partial charge is 0.249 e. The number of nitrogens with one attached hydrogen (secondary N) is 3. The van der Waals surface area contributed by atoms with Crippen molar-refractivity contribution >= 4 is 34.4 Å². The predicted molar refractivity (Wildman–Crippen MR) is 116 cm³/mol. The molecule has 158 valence electrons. The Balaban J connectivity index is 1.20. The topological polar surface area (TPSA) is 104 Å². The van der Waals surface area contributed by atoms with Gasteiger partial charge in [-0.25, -0.2) is 0 Å². The maximum atomic E-state index is 12.4. The van der Waals surface area contributed by atoms with E-state index < -0.39 is 6.29 Å². The van der Waals surface area contributed by atoms with Gasteiger partial charge in [0.2, 0.25) is 18.6 Å². The van der Waals surface area contributed by atoms with Crippen LogP contribution in [-0.4, -0.2) is 40.7 Å². The molecule has 3 heterocycles. The van der Waals surface area contributed by atoms with Gasteiger partial charge in [-0.05, 0) is 23.3 Å². The Morgan fingerprint density at radius 1 is 1.19 bits per heavy atom. The largest absolute Gasteiger partial charge is 0.454 e. The number of carbonyl (C=O) groups excluding carboxylic acids is 2. The molecule has 1 unspecified atom stereocenters. The highest BCUT2D eigenvalue weighted by atomic mass is 32.2. The molecule has 3 aliphatic rings. The number of ether oxygens (including phenoxy) is 2. The fraction of sp³-hybridized carbons (Fsp3) is 0.190. The first-order chi connectivity index (χ1) is 15.2. The third-order valence-electron chi connectivity index (χ3n) is 4.88. The second-order valence-electron chi connectivity index (χ2n) is 6.95. The molecule has 10 heteroatoms. The molecule has 5 rings (SSSR count). The van der Waals surface area contributed by atoms with Gasteiger partial charge < -0.3 is 20.1 Å². The van der Waals surface area contributed by atoms with Crippen LogP contribution in [0.25, 0.3) is 5.70 Å². The molecule has 3 aliphatic heterocycles. The van der Waals surface area contributed by atoms with Crippen LogP contribution in [0.1, 0.15) is 11.1 Å². The Morgan fingerprint density at radius 3 is 2.90 bits per heavy atom. The first-order valence-corrected chi connectivity index (χ1v) is 10.6. The van der Waals surface area contributed by atoms with E-state index in [1.807, 2.05) is 53.4 Å². The summed E-state index contributed by atoms with van der Waals surface area (Å²) < 4.78 is 10.7. The summed E-state index contributed by atoms with van der Waals surface area (Å²) in [7, 11) is 0. The normalized spacial score (nSPS) is 18.5. The molecule has 0 spiro atoms. The zero-order chi connectivity index (χ0) is 21.2. The van der Waals surface area contributed by atoms with Gasteiger partial charge in [0.15, 0.2) is 23.0 Å². The average molecular weight is 437 g/mol. The van der Waals surface area contributed by atoms with Gasteiger partial charge in [-0.2, -0.15) is 5.10 Å². The van der Waals surface area contributed by atoms with Crippen LogP contribution in [0.4, 0.5) is 0 Å². The van der Waals surface area contributed by atoms with Crippen molar-refractivity contribution in [1.82, 2.24) is 21.0 Å². The van der Waals surface area contributed by atoms with Crippen LogP contribution in [0.3, 0.4) is 0 Å². The molecule has 0 saturated heterocycles. The van der Waals surface area contributed by atoms with Crippen LogP contribution >= 0.6 is 11.8 Å². The molecule has 0 aliphatic carbocycles. The summed E-state index contributed by atoms with van der Waals surface area (Å²) in [5.74, 6) is 1.26. The molecule has 1 atom stereocenters. The Morgan fingerprint density at radius 2 is 2.03 bits per heavy atom. The van der Waals surface area contributed by atoms with Gasteiger partial charge in [0.1, 0.15) is 0 Å². The van der Waals surface area contributed by atoms with E-state index in [4.69, 9.17) is 9.47 Å². The van der Waals surface area contributed by atoms with Crippen molar-refractivity contribution in [2.24, 2.45) is 5.10 Å². The van der Waals surface area contributed by atoms with Crippen molar-refractivity contribution in [1.29, 1.82) is 0 Å². The molecule has 2 aromatic carbocycles. The highest BCUT2D eigenvalue weighted by Gasteiger charge is 2.36. The number of fused-ring (bicyclic) bond motifs is 2. The molecule has 3 N–H and O–H groups in total. The number of hydrazone groups is 1. The maximum Gasteiger partial charge on any atom is 0.249 e. The average Bonchev–Trinajstić information content (AvgIpc) is 3.42. The van der Waals surface area contributed by atoms with Crippen molar-refractivity contribution in [2.75, 3.05) is 12.5 Å². The summed E-state index contributed by atoms with van der Waals surface area (Å²) in [6.45, 7) is 0.605. The van der Waals surface area contributed by atoms with Gasteiger partial charge in [-0.1, -0.05) is 48.2 Å². The van der Waals surface area contributed by atoms with E-state index in [0.29, 0.717) is 23.2 Å². The van der Waals surface area contributed by atoms with E-state index in [9.17, 15) is 9.59 Å². The highest BCUT2D eigenvalue weighted by Crippen LogP contribution is 2.32. The summed E-state index contributed by atoms with van der Waals surface area (Å²) >= 11 is 1.30. The van der Waals surface area contributed by atoms with Crippen LogP contribution in [0.15, 0.2) is 59.7 Å². The van der Waals surface area contributed by atoms with Crippen LogP contribution < -0.4 is 25.5 Å². The zero-order valence-electron chi connectivity index (χ0n) is 16.3. The van der Waals surface area contributed by atoms with Crippen LogP contribution in [0.2, 0.25) is 0 Å². The van der Waals surface area contributed by atoms with Crippen molar-refractivity contribution in [3.8, 4) is 11.5 Å². The Kier molecular flexibility index (Phi) is 5.13. The Bertz CT molecular complexity index is 1090. The lowest BCUT2D eigenvalue weighted by Crippen LogP contribution is -2.54. The maximum absolute atomic E-state index is 12.4. The summed E-state index contributed by atoms with van der Waals surface area (Å²) in [5.41, 5.74) is 5.46. The number of carbonyl (C=O) groups is 2. The Hall–Kier alpha value is -3.66. The second-order valence-corrected chi connectivity index (χ2v) is 7.90. The van der Waals surface area contributed by atoms with Gasteiger partial charge >= 0.3 is 0 Å². The molecule has 9 nitrogen and oxygen atoms in total. The molecule has 0 saturated carbocycles. The highest BCUT2D eigenvalue weighted by molar-refractivity contribution is 8.14. The molecule has 0 aromatic heterocycles. The lowest BCUT2D eigenvalue weighted by molar-refractivity contribution is -0.119. The number of rotatable bonds is 5. The number of benzene rings is 2. The minimum atomic E-state index is -0.480. The van der Waals surface area contributed by atoms with Crippen molar-refractivity contribution in [3.63, 3.8) is 0 Å². The number of amides is 2. The molecule has 0 bridgehead atoms. The molecule has 31 heavy (non-hydrogen) atoms. The zero-order valence-corrected chi connectivity index (χ0v) is 17.1. The number of hydrogen-bond donors (Lipinski definition) is 3. The first-order valence-electron chi connectivity index (χ1n) is 9.65. The quantitative estimate of drug-likeness (QED) is 0.650. The van der Waals surface area contributed by atoms with E-state index in [1.165, 1.54) is 17.8 Å². The molecular weight excluding hydrogens is 418 g/mol. The van der Waals surface area contributed by atoms with Crippen LogP contribution in [0.5, 0.6) is 11.5 Å². The van der Waals surface area contributed by atoms with E-state index in [-0.39, 0.29) is 24.4 Å². The lowest BCUT2D eigenvalue weighted by Gasteiger charge is -2.32. The van der Waals surface area contributed by atoms with Gasteiger partial charge in [0.25, 0.3) is 0 Å². The van der Waals surface area contributed by atoms with Crippen molar-refractivity contribution < 1.29 is 19.1 Å². The number of hydrogen-bond acceptors (Lipinski definition) is 8. The summed E-state index contributed by atoms with van der Waals surface area (Å²) in [6, 6.07) is 15.2. The van der Waals surface area contributed by atoms with Crippen LogP contribution in [-0.2, 0) is 16.1 Å². The Labute approximate surface area is 182 Å².